The van der Waals surface area contributed by atoms with Crippen molar-refractivity contribution in [1.29, 1.82) is 0 Å². The standard InChI is InChI=1S/C13H17N5OS/c1-10(13-15-17-18-16-13)14-12(19)9-20-8-7-11-5-3-2-4-6-11/h2-6,10H,7-9H2,1H3,(H,14,19)(H,15,16,17,18). The summed E-state index contributed by atoms with van der Waals surface area (Å²) in [7, 11) is 0. The molecule has 0 aliphatic carbocycles. The van der Waals surface area contributed by atoms with Gasteiger partial charge in [-0.1, -0.05) is 35.5 Å². The number of aromatic amines is 1. The SMILES string of the molecule is CC(NC(=O)CSCCc1ccccc1)c1nn[nH]n1. The molecule has 2 aromatic rings. The molecule has 0 saturated heterocycles. The number of hydrogen-bond acceptors (Lipinski definition) is 5. The van der Waals surface area contributed by atoms with E-state index >= 15 is 0 Å². The first-order valence-corrected chi connectivity index (χ1v) is 7.55. The highest BCUT2D eigenvalue weighted by Gasteiger charge is 2.12. The molecule has 20 heavy (non-hydrogen) atoms. The van der Waals surface area contributed by atoms with Crippen LogP contribution in [-0.4, -0.2) is 38.0 Å². The molecule has 1 amide bonds. The van der Waals surface area contributed by atoms with Crippen LogP contribution in [0.5, 0.6) is 0 Å². The Hall–Kier alpha value is -1.89. The second-order valence-electron chi connectivity index (χ2n) is 4.35. The van der Waals surface area contributed by atoms with Crippen LogP contribution in [0.1, 0.15) is 24.4 Å². The number of rotatable bonds is 7. The minimum atomic E-state index is -0.226. The number of aromatic nitrogens is 4. The van der Waals surface area contributed by atoms with Gasteiger partial charge >= 0.3 is 0 Å². The quantitative estimate of drug-likeness (QED) is 0.752. The fourth-order valence-electron chi connectivity index (χ4n) is 1.70. The summed E-state index contributed by atoms with van der Waals surface area (Å²) < 4.78 is 0. The molecule has 0 bridgehead atoms. The molecule has 1 aromatic carbocycles. The third-order valence-corrected chi connectivity index (χ3v) is 3.70. The highest BCUT2D eigenvalue weighted by Crippen LogP contribution is 2.08. The third kappa shape index (κ3) is 4.65. The van der Waals surface area contributed by atoms with Crippen molar-refractivity contribution in [3.05, 3.63) is 41.7 Å². The van der Waals surface area contributed by atoms with Crippen molar-refractivity contribution in [3.8, 4) is 0 Å². The van der Waals surface area contributed by atoms with E-state index in [1.807, 2.05) is 25.1 Å². The van der Waals surface area contributed by atoms with Gasteiger partial charge in [-0.15, -0.1) is 10.2 Å². The van der Waals surface area contributed by atoms with E-state index in [0.29, 0.717) is 11.6 Å². The largest absolute Gasteiger partial charge is 0.345 e. The Morgan fingerprint density at radius 2 is 2.20 bits per heavy atom. The summed E-state index contributed by atoms with van der Waals surface area (Å²) in [5, 5.41) is 16.3. The van der Waals surface area contributed by atoms with Crippen LogP contribution < -0.4 is 5.32 Å². The molecule has 1 aromatic heterocycles. The minimum absolute atomic E-state index is 0.0136. The Morgan fingerprint density at radius 1 is 1.40 bits per heavy atom. The maximum absolute atomic E-state index is 11.7. The van der Waals surface area contributed by atoms with E-state index in [0.717, 1.165) is 12.2 Å². The predicted molar refractivity (Wildman–Crippen MR) is 78.2 cm³/mol. The van der Waals surface area contributed by atoms with Gasteiger partial charge in [0.2, 0.25) is 5.91 Å². The van der Waals surface area contributed by atoms with Gasteiger partial charge < -0.3 is 5.32 Å². The molecule has 0 fully saturated rings. The van der Waals surface area contributed by atoms with Crippen LogP contribution in [0.2, 0.25) is 0 Å². The van der Waals surface area contributed by atoms with E-state index in [1.165, 1.54) is 5.56 Å². The first-order chi connectivity index (χ1) is 9.75. The Labute approximate surface area is 121 Å². The molecular formula is C13H17N5OS. The summed E-state index contributed by atoms with van der Waals surface area (Å²) in [6.07, 6.45) is 0.971. The average molecular weight is 291 g/mol. The summed E-state index contributed by atoms with van der Waals surface area (Å²) in [6, 6.07) is 10.0. The second kappa shape index (κ2) is 7.64. The predicted octanol–water partition coefficient (Wildman–Crippen LogP) is 1.35. The smallest absolute Gasteiger partial charge is 0.230 e. The first-order valence-electron chi connectivity index (χ1n) is 6.40. The van der Waals surface area contributed by atoms with Crippen LogP contribution in [0.15, 0.2) is 30.3 Å². The van der Waals surface area contributed by atoms with Crippen molar-refractivity contribution in [2.45, 2.75) is 19.4 Å². The number of nitrogens with one attached hydrogen (secondary N) is 2. The fraction of sp³-hybridized carbons (Fsp3) is 0.385. The zero-order valence-electron chi connectivity index (χ0n) is 11.2. The Morgan fingerprint density at radius 3 is 2.90 bits per heavy atom. The molecule has 0 aliphatic heterocycles. The van der Waals surface area contributed by atoms with Gasteiger partial charge in [0.05, 0.1) is 11.8 Å². The normalized spacial score (nSPS) is 12.1. The molecule has 1 heterocycles. The van der Waals surface area contributed by atoms with Crippen molar-refractivity contribution < 1.29 is 4.79 Å². The Bertz CT molecular complexity index is 517. The molecule has 0 spiro atoms. The van der Waals surface area contributed by atoms with Gasteiger partial charge in [0, 0.05) is 0 Å². The van der Waals surface area contributed by atoms with E-state index in [4.69, 9.17) is 0 Å². The van der Waals surface area contributed by atoms with Crippen molar-refractivity contribution in [3.63, 3.8) is 0 Å². The average Bonchev–Trinajstić information content (AvgIpc) is 2.99. The first kappa shape index (κ1) is 14.5. The highest BCUT2D eigenvalue weighted by molar-refractivity contribution is 7.99. The van der Waals surface area contributed by atoms with Crippen molar-refractivity contribution in [1.82, 2.24) is 25.9 Å². The van der Waals surface area contributed by atoms with Gasteiger partial charge in [0.1, 0.15) is 0 Å². The minimum Gasteiger partial charge on any atom is -0.345 e. The third-order valence-electron chi connectivity index (χ3n) is 2.74. The second-order valence-corrected chi connectivity index (χ2v) is 5.45. The van der Waals surface area contributed by atoms with Gasteiger partial charge in [-0.2, -0.15) is 17.0 Å². The summed E-state index contributed by atoms with van der Waals surface area (Å²) in [5.41, 5.74) is 1.29. The highest BCUT2D eigenvalue weighted by atomic mass is 32.2. The lowest BCUT2D eigenvalue weighted by Gasteiger charge is -2.09. The number of carbonyl (C=O) groups excluding carboxylic acids is 1. The van der Waals surface area contributed by atoms with Gasteiger partial charge in [-0.05, 0) is 24.7 Å². The number of H-pyrrole nitrogens is 1. The maximum atomic E-state index is 11.7. The van der Waals surface area contributed by atoms with Crippen molar-refractivity contribution >= 4 is 17.7 Å². The molecule has 6 nitrogen and oxygen atoms in total. The Balaban J connectivity index is 1.63. The molecule has 7 heteroatoms. The molecule has 2 rings (SSSR count). The van der Waals surface area contributed by atoms with Crippen molar-refractivity contribution in [2.24, 2.45) is 0 Å². The molecule has 1 unspecified atom stereocenters. The number of nitrogens with zero attached hydrogens (tertiary/aromatic N) is 3. The molecular weight excluding hydrogens is 274 g/mol. The summed E-state index contributed by atoms with van der Waals surface area (Å²) >= 11 is 1.62. The lowest BCUT2D eigenvalue weighted by Crippen LogP contribution is -2.29. The van der Waals surface area contributed by atoms with Gasteiger partial charge in [0.25, 0.3) is 0 Å². The van der Waals surface area contributed by atoms with E-state index in [2.05, 4.69) is 38.1 Å². The zero-order valence-corrected chi connectivity index (χ0v) is 12.1. The lowest BCUT2D eigenvalue weighted by molar-refractivity contribution is -0.119. The number of aryl methyl sites for hydroxylation is 1. The van der Waals surface area contributed by atoms with E-state index in [-0.39, 0.29) is 11.9 Å². The van der Waals surface area contributed by atoms with Crippen molar-refractivity contribution in [2.75, 3.05) is 11.5 Å². The zero-order chi connectivity index (χ0) is 14.2. The van der Waals surface area contributed by atoms with Gasteiger partial charge in [-0.25, -0.2) is 0 Å². The van der Waals surface area contributed by atoms with Crippen LogP contribution in [-0.2, 0) is 11.2 Å². The van der Waals surface area contributed by atoms with E-state index < -0.39 is 0 Å². The summed E-state index contributed by atoms with van der Waals surface area (Å²) in [6.45, 7) is 1.83. The topological polar surface area (TPSA) is 83.6 Å². The van der Waals surface area contributed by atoms with Crippen LogP contribution in [0.3, 0.4) is 0 Å². The van der Waals surface area contributed by atoms with Gasteiger partial charge in [0.15, 0.2) is 5.82 Å². The Kier molecular flexibility index (Phi) is 5.55. The number of amides is 1. The molecule has 0 radical (unpaired) electrons. The van der Waals surface area contributed by atoms with Crippen LogP contribution in [0, 0.1) is 0 Å². The van der Waals surface area contributed by atoms with Gasteiger partial charge in [-0.3, -0.25) is 4.79 Å². The summed E-state index contributed by atoms with van der Waals surface area (Å²) in [4.78, 5) is 11.7. The van der Waals surface area contributed by atoms with Crippen LogP contribution in [0.25, 0.3) is 0 Å². The summed E-state index contributed by atoms with van der Waals surface area (Å²) in [5.74, 6) is 1.84. The molecule has 106 valence electrons. The monoisotopic (exact) mass is 291 g/mol. The fourth-order valence-corrected chi connectivity index (χ4v) is 2.49. The molecule has 0 aliphatic rings. The molecule has 2 N–H and O–H groups in total. The number of thioether (sulfide) groups is 1. The number of carbonyl (C=O) groups is 1. The lowest BCUT2D eigenvalue weighted by atomic mass is 10.2. The molecule has 0 saturated carbocycles. The van der Waals surface area contributed by atoms with E-state index in [9.17, 15) is 4.79 Å². The number of benzene rings is 1. The number of tetrazole rings is 1. The van der Waals surface area contributed by atoms with Crippen LogP contribution in [0.4, 0.5) is 0 Å². The maximum Gasteiger partial charge on any atom is 0.230 e. The van der Waals surface area contributed by atoms with Crippen LogP contribution >= 0.6 is 11.8 Å². The number of hydrogen-bond donors (Lipinski definition) is 2. The molecule has 1 atom stereocenters. The van der Waals surface area contributed by atoms with E-state index in [1.54, 1.807) is 11.8 Å².